The number of nitrogens with one attached hydrogen (secondary N) is 2. The first-order chi connectivity index (χ1) is 14.5. The maximum atomic E-state index is 13.0. The van der Waals surface area contributed by atoms with Crippen molar-refractivity contribution in [2.24, 2.45) is 0 Å². The molecule has 30 heavy (non-hydrogen) atoms. The molecule has 0 radical (unpaired) electrons. The fourth-order valence-corrected chi connectivity index (χ4v) is 3.22. The van der Waals surface area contributed by atoms with Crippen LogP contribution in [0.4, 0.5) is 4.39 Å². The fraction of sp³-hybridized carbons (Fsp3) is 0.304. The van der Waals surface area contributed by atoms with Crippen molar-refractivity contribution in [1.82, 2.24) is 10.6 Å². The van der Waals surface area contributed by atoms with E-state index >= 15 is 0 Å². The predicted octanol–water partition coefficient (Wildman–Crippen LogP) is 1.99. The third-order valence-corrected chi connectivity index (χ3v) is 4.83. The van der Waals surface area contributed by atoms with Crippen LogP contribution in [0.15, 0.2) is 66.7 Å². The van der Waals surface area contributed by atoms with Crippen LogP contribution in [0.3, 0.4) is 0 Å². The molecule has 0 unspecified atom stereocenters. The van der Waals surface area contributed by atoms with Gasteiger partial charge in [0, 0.05) is 12.1 Å². The smallest absolute Gasteiger partial charge is 0.251 e. The topological polar surface area (TPSA) is 87.7 Å². The van der Waals surface area contributed by atoms with Crippen LogP contribution in [-0.2, 0) is 16.0 Å². The molecule has 0 saturated heterocycles. The minimum absolute atomic E-state index is 0.125. The van der Waals surface area contributed by atoms with Gasteiger partial charge in [-0.15, -0.1) is 0 Å². The number of carbonyl (C=O) groups is 2. The third kappa shape index (κ3) is 6.23. The summed E-state index contributed by atoms with van der Waals surface area (Å²) < 4.78 is 18.8. The molecule has 6 nitrogen and oxygen atoms in total. The predicted molar refractivity (Wildman–Crippen MR) is 110 cm³/mol. The fourth-order valence-electron chi connectivity index (χ4n) is 3.22. The van der Waals surface area contributed by atoms with Crippen molar-refractivity contribution in [2.75, 3.05) is 13.2 Å². The number of amides is 2. The number of rotatable bonds is 8. The van der Waals surface area contributed by atoms with Crippen molar-refractivity contribution in [1.29, 1.82) is 0 Å². The number of aliphatic hydroxyl groups is 1. The molecule has 1 aliphatic rings. The molecule has 1 heterocycles. The molecule has 2 aromatic carbocycles. The molecule has 2 aromatic rings. The van der Waals surface area contributed by atoms with Gasteiger partial charge in [0.2, 0.25) is 5.91 Å². The molecule has 0 bridgehead atoms. The molecule has 0 saturated carbocycles. The van der Waals surface area contributed by atoms with Gasteiger partial charge in [0.05, 0.1) is 25.2 Å². The Morgan fingerprint density at radius 3 is 2.47 bits per heavy atom. The number of hydrogen-bond acceptors (Lipinski definition) is 4. The zero-order chi connectivity index (χ0) is 21.3. The SMILES string of the molecule is O=C(C[C@@H]1C=C[C@H](NC(=O)c2ccc(F)cc2)[C@H](CO)O1)NCCc1ccccc1. The van der Waals surface area contributed by atoms with Crippen molar-refractivity contribution in [3.05, 3.63) is 83.7 Å². The molecule has 0 spiro atoms. The van der Waals surface area contributed by atoms with Gasteiger partial charge in [-0.25, -0.2) is 4.39 Å². The summed E-state index contributed by atoms with van der Waals surface area (Å²) in [5.74, 6) is -0.972. The van der Waals surface area contributed by atoms with Crippen molar-refractivity contribution < 1.29 is 23.8 Å². The standard InChI is InChI=1S/C23H25FN2O4/c24-18-8-6-17(7-9-18)23(29)26-20-11-10-19(30-21(20)15-27)14-22(28)25-13-12-16-4-2-1-3-5-16/h1-11,19-21,27H,12-15H2,(H,25,28)(H,26,29)/t19-,20-,21-/m0/s1. The van der Waals surface area contributed by atoms with E-state index in [2.05, 4.69) is 10.6 Å². The maximum Gasteiger partial charge on any atom is 0.251 e. The number of carbonyl (C=O) groups excluding carboxylic acids is 2. The molecule has 7 heteroatoms. The molecule has 3 rings (SSSR count). The van der Waals surface area contributed by atoms with Crippen LogP contribution in [-0.4, -0.2) is 48.3 Å². The average molecular weight is 412 g/mol. The van der Waals surface area contributed by atoms with Crippen molar-refractivity contribution in [3.63, 3.8) is 0 Å². The molecular formula is C23H25FN2O4. The van der Waals surface area contributed by atoms with Crippen LogP contribution in [0.1, 0.15) is 22.3 Å². The number of halogens is 1. The highest BCUT2D eigenvalue weighted by Crippen LogP contribution is 2.16. The second-order valence-electron chi connectivity index (χ2n) is 7.08. The van der Waals surface area contributed by atoms with E-state index in [9.17, 15) is 19.1 Å². The average Bonchev–Trinajstić information content (AvgIpc) is 2.76. The summed E-state index contributed by atoms with van der Waals surface area (Å²) in [6.45, 7) is 0.212. The Balaban J connectivity index is 1.48. The number of hydrogen-bond donors (Lipinski definition) is 3. The van der Waals surface area contributed by atoms with Gasteiger partial charge in [0.15, 0.2) is 0 Å². The van der Waals surface area contributed by atoms with Crippen LogP contribution in [0.2, 0.25) is 0 Å². The van der Waals surface area contributed by atoms with E-state index in [1.807, 2.05) is 30.3 Å². The van der Waals surface area contributed by atoms with Crippen LogP contribution in [0.25, 0.3) is 0 Å². The molecule has 3 N–H and O–H groups in total. The second kappa shape index (κ2) is 10.7. The lowest BCUT2D eigenvalue weighted by Crippen LogP contribution is -2.49. The Labute approximate surface area is 174 Å². The van der Waals surface area contributed by atoms with E-state index in [-0.39, 0.29) is 18.9 Å². The lowest BCUT2D eigenvalue weighted by atomic mass is 10.0. The van der Waals surface area contributed by atoms with Crippen LogP contribution in [0, 0.1) is 5.82 Å². The highest BCUT2D eigenvalue weighted by atomic mass is 19.1. The van der Waals surface area contributed by atoms with Crippen LogP contribution in [0.5, 0.6) is 0 Å². The molecule has 2 amide bonds. The Hall–Kier alpha value is -3.03. The van der Waals surface area contributed by atoms with Gasteiger partial charge >= 0.3 is 0 Å². The van der Waals surface area contributed by atoms with Crippen molar-refractivity contribution in [2.45, 2.75) is 31.1 Å². The monoisotopic (exact) mass is 412 g/mol. The summed E-state index contributed by atoms with van der Waals surface area (Å²) in [4.78, 5) is 24.5. The second-order valence-corrected chi connectivity index (χ2v) is 7.08. The molecule has 1 aliphatic heterocycles. The number of benzene rings is 2. The molecule has 3 atom stereocenters. The Bertz CT molecular complexity index is 871. The van der Waals surface area contributed by atoms with Crippen molar-refractivity contribution in [3.8, 4) is 0 Å². The number of aliphatic hydroxyl groups excluding tert-OH is 1. The Kier molecular flexibility index (Phi) is 7.70. The van der Waals surface area contributed by atoms with Crippen molar-refractivity contribution >= 4 is 11.8 Å². The molecule has 0 aromatic heterocycles. The minimum atomic E-state index is -0.679. The van der Waals surface area contributed by atoms with E-state index in [0.717, 1.165) is 12.0 Å². The summed E-state index contributed by atoms with van der Waals surface area (Å²) in [6, 6.07) is 14.5. The van der Waals surface area contributed by atoms with Gasteiger partial charge in [0.25, 0.3) is 5.91 Å². The highest BCUT2D eigenvalue weighted by molar-refractivity contribution is 5.94. The summed E-state index contributed by atoms with van der Waals surface area (Å²) in [5, 5.41) is 15.3. The summed E-state index contributed by atoms with van der Waals surface area (Å²) in [5.41, 5.74) is 1.45. The van der Waals surface area contributed by atoms with Crippen LogP contribution < -0.4 is 10.6 Å². The quantitative estimate of drug-likeness (QED) is 0.579. The summed E-state index contributed by atoms with van der Waals surface area (Å²) in [6.07, 6.45) is 3.12. The van der Waals surface area contributed by atoms with E-state index in [1.165, 1.54) is 24.3 Å². The van der Waals surface area contributed by atoms with Gasteiger partial charge in [-0.3, -0.25) is 9.59 Å². The first kappa shape index (κ1) is 21.7. The van der Waals surface area contributed by atoms with E-state index in [4.69, 9.17) is 4.74 Å². The summed E-state index contributed by atoms with van der Waals surface area (Å²) in [7, 11) is 0. The zero-order valence-electron chi connectivity index (χ0n) is 16.5. The third-order valence-electron chi connectivity index (χ3n) is 4.83. The van der Waals surface area contributed by atoms with Crippen LogP contribution >= 0.6 is 0 Å². The Morgan fingerprint density at radius 2 is 1.77 bits per heavy atom. The van der Waals surface area contributed by atoms with E-state index < -0.39 is 30.0 Å². The molecule has 0 fully saturated rings. The van der Waals surface area contributed by atoms with Gasteiger partial charge in [-0.05, 0) is 36.2 Å². The normalized spacial score (nSPS) is 20.5. The van der Waals surface area contributed by atoms with Gasteiger partial charge in [-0.2, -0.15) is 0 Å². The highest BCUT2D eigenvalue weighted by Gasteiger charge is 2.29. The van der Waals surface area contributed by atoms with Gasteiger partial charge in [-0.1, -0.05) is 42.5 Å². The molecule has 0 aliphatic carbocycles. The maximum absolute atomic E-state index is 13.0. The summed E-state index contributed by atoms with van der Waals surface area (Å²) >= 11 is 0. The first-order valence-corrected chi connectivity index (χ1v) is 9.87. The zero-order valence-corrected chi connectivity index (χ0v) is 16.5. The minimum Gasteiger partial charge on any atom is -0.394 e. The van der Waals surface area contributed by atoms with E-state index in [0.29, 0.717) is 12.1 Å². The molecule has 158 valence electrons. The Morgan fingerprint density at radius 1 is 1.03 bits per heavy atom. The largest absolute Gasteiger partial charge is 0.394 e. The lowest BCUT2D eigenvalue weighted by Gasteiger charge is -2.31. The van der Waals surface area contributed by atoms with E-state index in [1.54, 1.807) is 12.2 Å². The number of ether oxygens (including phenoxy) is 1. The lowest BCUT2D eigenvalue weighted by molar-refractivity contribution is -0.125. The first-order valence-electron chi connectivity index (χ1n) is 9.87. The van der Waals surface area contributed by atoms with Gasteiger partial charge < -0.3 is 20.5 Å². The van der Waals surface area contributed by atoms with Gasteiger partial charge in [0.1, 0.15) is 11.9 Å². The molecular weight excluding hydrogens is 387 g/mol.